The molecule has 0 saturated carbocycles. The van der Waals surface area contributed by atoms with Crippen LogP contribution in [-0.2, 0) is 28.2 Å². The monoisotopic (exact) mass is 1050 g/mol. The minimum absolute atomic E-state index is 0.0105. The fraction of sp³-hybridized carbons (Fsp3) is 0.462. The van der Waals surface area contributed by atoms with Crippen LogP contribution in [0.15, 0.2) is 95.7 Å². The molecular formula is C52H67ClN7O10PS. The van der Waals surface area contributed by atoms with Gasteiger partial charge in [0.25, 0.3) is 21.6 Å². The highest BCUT2D eigenvalue weighted by atomic mass is 35.5. The van der Waals surface area contributed by atoms with E-state index in [0.717, 1.165) is 56.0 Å². The third-order valence-electron chi connectivity index (χ3n) is 12.2. The van der Waals surface area contributed by atoms with Gasteiger partial charge in [0.1, 0.15) is 22.8 Å². The van der Waals surface area contributed by atoms with Gasteiger partial charge in [-0.25, -0.2) is 22.7 Å². The van der Waals surface area contributed by atoms with Gasteiger partial charge in [-0.3, -0.25) is 33.4 Å². The van der Waals surface area contributed by atoms with Gasteiger partial charge in [-0.05, 0) is 126 Å². The summed E-state index contributed by atoms with van der Waals surface area (Å²) in [6.45, 7) is 22.4. The predicted octanol–water partition coefficient (Wildman–Crippen LogP) is 12.0. The molecule has 388 valence electrons. The van der Waals surface area contributed by atoms with E-state index in [1.54, 1.807) is 79.8 Å². The zero-order chi connectivity index (χ0) is 52.4. The average Bonchev–Trinajstić information content (AvgIpc) is 3.75. The SMILES string of the molecule is CC(C)(CNc1ccc(S(=O)(=O)NC(=O)c2ccc(N3CCN(CC4=C(c5ccc(Cl)cc5)CC(C)(C)CC4)CC3)cc2Oc2cnc3[nH]ccc3c2)cc1[N+](=O)[O-])COP(=O)(OC(C)(C)C)OC(C)(C)C. The molecule has 3 N–H and O–H groups in total. The van der Waals surface area contributed by atoms with Crippen LogP contribution in [0.25, 0.3) is 16.6 Å². The van der Waals surface area contributed by atoms with Crippen molar-refractivity contribution >= 4 is 69.0 Å². The van der Waals surface area contributed by atoms with E-state index < -0.39 is 55.9 Å². The summed E-state index contributed by atoms with van der Waals surface area (Å²) in [5, 5.41) is 16.9. The Morgan fingerprint density at radius 1 is 0.931 bits per heavy atom. The van der Waals surface area contributed by atoms with Crippen molar-refractivity contribution in [2.24, 2.45) is 10.8 Å². The summed E-state index contributed by atoms with van der Waals surface area (Å²) >= 11 is 6.25. The van der Waals surface area contributed by atoms with E-state index >= 15 is 0 Å². The number of aromatic nitrogens is 2. The average molecular weight is 1050 g/mol. The number of amides is 1. The number of phosphoric ester groups is 1. The van der Waals surface area contributed by atoms with Crippen molar-refractivity contribution in [3.63, 3.8) is 0 Å². The van der Waals surface area contributed by atoms with Gasteiger partial charge < -0.3 is 19.9 Å². The fourth-order valence-corrected chi connectivity index (χ4v) is 11.7. The minimum atomic E-state index is -4.68. The predicted molar refractivity (Wildman–Crippen MR) is 283 cm³/mol. The normalized spacial score (nSPS) is 16.2. The molecule has 1 saturated heterocycles. The molecule has 2 aromatic heterocycles. The zero-order valence-electron chi connectivity index (χ0n) is 42.8. The molecule has 0 bridgehead atoms. The molecule has 0 unspecified atom stereocenters. The van der Waals surface area contributed by atoms with Crippen LogP contribution >= 0.6 is 19.4 Å². The number of carbonyl (C=O) groups excluding carboxylic acids is 1. The van der Waals surface area contributed by atoms with Gasteiger partial charge in [0.2, 0.25) is 0 Å². The highest BCUT2D eigenvalue weighted by molar-refractivity contribution is 7.90. The topological polar surface area (TPSA) is 208 Å². The number of nitro benzene ring substituents is 1. The van der Waals surface area contributed by atoms with Gasteiger partial charge >= 0.3 is 7.82 Å². The summed E-state index contributed by atoms with van der Waals surface area (Å²) in [7, 11) is -8.73. The number of rotatable bonds is 18. The Kier molecular flexibility index (Phi) is 16.1. The van der Waals surface area contributed by atoms with Crippen molar-refractivity contribution < 1.29 is 41.0 Å². The van der Waals surface area contributed by atoms with E-state index in [1.807, 2.05) is 18.2 Å². The number of anilines is 2. The second-order valence-corrected chi connectivity index (χ2v) is 25.7. The number of nitrogens with zero attached hydrogens (tertiary/aromatic N) is 4. The Morgan fingerprint density at radius 3 is 2.26 bits per heavy atom. The van der Waals surface area contributed by atoms with Crippen LogP contribution in [0.5, 0.6) is 11.5 Å². The van der Waals surface area contributed by atoms with Gasteiger partial charge in [-0.2, -0.15) is 0 Å². The number of fused-ring (bicyclic) bond motifs is 1. The number of sulfonamides is 1. The number of H-pyrrole nitrogens is 1. The van der Waals surface area contributed by atoms with Crippen LogP contribution < -0.4 is 19.7 Å². The third kappa shape index (κ3) is 14.5. The van der Waals surface area contributed by atoms with E-state index in [-0.39, 0.29) is 35.6 Å². The number of aromatic amines is 1. The van der Waals surface area contributed by atoms with E-state index in [0.29, 0.717) is 29.5 Å². The molecule has 7 rings (SSSR count). The maximum atomic E-state index is 14.1. The lowest BCUT2D eigenvalue weighted by Crippen LogP contribution is -2.47. The summed E-state index contributed by atoms with van der Waals surface area (Å²) in [6, 6.07) is 20.0. The first-order valence-electron chi connectivity index (χ1n) is 24.0. The molecule has 3 heterocycles. The minimum Gasteiger partial charge on any atom is -0.455 e. The van der Waals surface area contributed by atoms with Crippen LogP contribution in [0.1, 0.15) is 104 Å². The number of hydrogen-bond acceptors (Lipinski definition) is 14. The van der Waals surface area contributed by atoms with Crippen molar-refractivity contribution in [1.29, 1.82) is 0 Å². The number of benzene rings is 3. The second-order valence-electron chi connectivity index (χ2n) is 22.1. The number of ether oxygens (including phenoxy) is 1. The number of pyridine rings is 1. The molecule has 5 aromatic rings. The molecule has 1 amide bonds. The van der Waals surface area contributed by atoms with Crippen LogP contribution in [0.3, 0.4) is 0 Å². The summed E-state index contributed by atoms with van der Waals surface area (Å²) in [5.74, 6) is -0.599. The molecular weight excluding hydrogens is 981 g/mol. The zero-order valence-corrected chi connectivity index (χ0v) is 45.2. The number of halogens is 1. The lowest BCUT2D eigenvalue weighted by molar-refractivity contribution is -0.384. The lowest BCUT2D eigenvalue weighted by Gasteiger charge is -2.39. The first-order chi connectivity index (χ1) is 33.5. The number of nitro groups is 1. The molecule has 2 aliphatic rings. The van der Waals surface area contributed by atoms with Crippen LogP contribution in [0.4, 0.5) is 17.1 Å². The lowest BCUT2D eigenvalue weighted by atomic mass is 9.72. The van der Waals surface area contributed by atoms with Gasteiger partial charge in [-0.15, -0.1) is 0 Å². The number of hydrogen-bond donors (Lipinski definition) is 3. The Labute approximate surface area is 427 Å². The Bertz CT molecular complexity index is 2970. The highest BCUT2D eigenvalue weighted by Gasteiger charge is 2.39. The van der Waals surface area contributed by atoms with E-state index in [2.05, 4.69) is 55.8 Å². The molecule has 0 spiro atoms. The highest BCUT2D eigenvalue weighted by Crippen LogP contribution is 2.56. The van der Waals surface area contributed by atoms with Crippen molar-refractivity contribution in [3.05, 3.63) is 117 Å². The summed E-state index contributed by atoms with van der Waals surface area (Å²) < 4.78 is 67.1. The van der Waals surface area contributed by atoms with Gasteiger partial charge in [0.05, 0.1) is 39.4 Å². The number of carbonyl (C=O) groups is 1. The Morgan fingerprint density at radius 2 is 1.61 bits per heavy atom. The molecule has 20 heteroatoms. The van der Waals surface area contributed by atoms with Gasteiger partial charge in [-0.1, -0.05) is 57.0 Å². The standard InChI is InChI=1S/C52H67ClN7O10PS/c1-49(2,3)69-71(64,70-50(4,5)6)67-34-52(9,10)33-56-44-18-16-41(29-45(44)60(62)63)72(65,66)57-48(61)42-17-15-39(28-46(42)68-40-27-36-20-22-54-47(36)55-31-40)59-25-23-58(24-26-59)32-37-19-21-51(7,8)30-43(37)35-11-13-38(53)14-12-35/h11-18,20,22,27-29,31,56H,19,21,23-26,30,32-34H2,1-10H3,(H,54,55)(H,57,61). The molecule has 17 nitrogen and oxygen atoms in total. The van der Waals surface area contributed by atoms with E-state index in [4.69, 9.17) is 29.9 Å². The van der Waals surface area contributed by atoms with Gasteiger partial charge in [0, 0.05) is 79.1 Å². The first-order valence-corrected chi connectivity index (χ1v) is 27.3. The first kappa shape index (κ1) is 54.4. The molecule has 72 heavy (non-hydrogen) atoms. The summed E-state index contributed by atoms with van der Waals surface area (Å²) in [5.41, 5.74) is 2.56. The number of allylic oxidation sites excluding steroid dienone is 1. The van der Waals surface area contributed by atoms with Crippen LogP contribution in [0, 0.1) is 20.9 Å². The summed E-state index contributed by atoms with van der Waals surface area (Å²) in [6.07, 6.45) is 6.39. The van der Waals surface area contributed by atoms with Crippen molar-refractivity contribution in [2.75, 3.05) is 56.1 Å². The van der Waals surface area contributed by atoms with E-state index in [9.17, 15) is 27.9 Å². The molecule has 1 aliphatic carbocycles. The quantitative estimate of drug-likeness (QED) is 0.0424. The molecule has 0 atom stereocenters. The maximum absolute atomic E-state index is 14.1. The molecule has 0 radical (unpaired) electrons. The Balaban J connectivity index is 1.07. The van der Waals surface area contributed by atoms with E-state index in [1.165, 1.54) is 41.1 Å². The van der Waals surface area contributed by atoms with Crippen LogP contribution in [-0.4, -0.2) is 91.2 Å². The smallest absolute Gasteiger partial charge is 0.455 e. The molecule has 3 aromatic carbocycles. The summed E-state index contributed by atoms with van der Waals surface area (Å²) in [4.78, 5) is 37.4. The third-order valence-corrected chi connectivity index (χ3v) is 15.8. The molecule has 1 fully saturated rings. The van der Waals surface area contributed by atoms with Crippen molar-refractivity contribution in [2.45, 2.75) is 105 Å². The van der Waals surface area contributed by atoms with Crippen molar-refractivity contribution in [3.8, 4) is 11.5 Å². The fourth-order valence-electron chi connectivity index (χ4n) is 8.58. The van der Waals surface area contributed by atoms with Gasteiger partial charge in [0.15, 0.2) is 0 Å². The van der Waals surface area contributed by atoms with Crippen LogP contribution in [0.2, 0.25) is 5.02 Å². The number of phosphoric acid groups is 1. The van der Waals surface area contributed by atoms with Crippen molar-refractivity contribution in [1.82, 2.24) is 19.6 Å². The second kappa shape index (κ2) is 21.3. The largest absolute Gasteiger partial charge is 0.475 e. The Hall–Kier alpha value is -5.33. The molecule has 1 aliphatic heterocycles. The number of piperazine rings is 1. The maximum Gasteiger partial charge on any atom is 0.475 e. The number of nitrogens with one attached hydrogen (secondary N) is 3.